The number of hydrogen-bond donors (Lipinski definition) is 0. The topological polar surface area (TPSA) is 46.6 Å². The highest BCUT2D eigenvalue weighted by Crippen LogP contribution is 2.30. The number of nitrogens with zero attached hydrogens (tertiary/aromatic N) is 1. The molecule has 4 nitrogen and oxygen atoms in total. The van der Waals surface area contributed by atoms with Crippen LogP contribution in [0.2, 0.25) is 0 Å². The molecule has 7 heteroatoms. The Hall–Kier alpha value is -2.05. The van der Waals surface area contributed by atoms with Gasteiger partial charge in [0, 0.05) is 25.6 Å². The summed E-state index contributed by atoms with van der Waals surface area (Å²) in [5.74, 6) is -2.00. The van der Waals surface area contributed by atoms with Gasteiger partial charge in [-0.2, -0.15) is 13.2 Å². The van der Waals surface area contributed by atoms with E-state index in [2.05, 4.69) is 0 Å². The maximum atomic E-state index is 12.4. The van der Waals surface area contributed by atoms with Crippen molar-refractivity contribution in [3.8, 4) is 5.75 Å². The van der Waals surface area contributed by atoms with E-state index in [9.17, 15) is 22.8 Å². The first-order valence-corrected chi connectivity index (χ1v) is 5.94. The summed E-state index contributed by atoms with van der Waals surface area (Å²) < 4.78 is 42.2. The number of alkyl halides is 3. The molecule has 1 amide bonds. The van der Waals surface area contributed by atoms with Gasteiger partial charge in [0.1, 0.15) is 5.75 Å². The van der Waals surface area contributed by atoms with Crippen LogP contribution in [-0.2, 0) is 22.6 Å². The van der Waals surface area contributed by atoms with Crippen LogP contribution in [0.1, 0.15) is 18.1 Å². The molecule has 0 radical (unpaired) electrons. The van der Waals surface area contributed by atoms with E-state index >= 15 is 0 Å². The number of rotatable bonds is 1. The van der Waals surface area contributed by atoms with E-state index in [0.717, 1.165) is 4.90 Å². The van der Waals surface area contributed by atoms with Crippen molar-refractivity contribution in [2.24, 2.45) is 0 Å². The van der Waals surface area contributed by atoms with Crippen LogP contribution in [0.4, 0.5) is 13.2 Å². The van der Waals surface area contributed by atoms with Crippen LogP contribution >= 0.6 is 0 Å². The second-order valence-corrected chi connectivity index (χ2v) is 4.46. The third kappa shape index (κ3) is 2.92. The molecular formula is C13H12F3NO3. The number of halogens is 3. The molecule has 1 aromatic carbocycles. The fourth-order valence-corrected chi connectivity index (χ4v) is 2.18. The van der Waals surface area contributed by atoms with Crippen molar-refractivity contribution < 1.29 is 27.5 Å². The largest absolute Gasteiger partial charge is 0.471 e. The van der Waals surface area contributed by atoms with Crippen molar-refractivity contribution in [2.75, 3.05) is 6.54 Å². The molecule has 2 rings (SSSR count). The number of carbonyl (C=O) groups excluding carboxylic acids is 2. The van der Waals surface area contributed by atoms with E-state index in [-0.39, 0.29) is 19.5 Å². The van der Waals surface area contributed by atoms with Gasteiger partial charge in [0.25, 0.3) is 0 Å². The summed E-state index contributed by atoms with van der Waals surface area (Å²) in [5.41, 5.74) is 1.24. The number of amides is 1. The fourth-order valence-electron chi connectivity index (χ4n) is 2.18. The molecule has 0 unspecified atom stereocenters. The van der Waals surface area contributed by atoms with Gasteiger partial charge in [-0.25, -0.2) is 0 Å². The number of esters is 1. The second-order valence-electron chi connectivity index (χ2n) is 4.46. The molecule has 0 saturated heterocycles. The second kappa shape index (κ2) is 5.15. The quantitative estimate of drug-likeness (QED) is 0.586. The lowest BCUT2D eigenvalue weighted by molar-refractivity contribution is -0.186. The lowest BCUT2D eigenvalue weighted by Crippen LogP contribution is -2.43. The van der Waals surface area contributed by atoms with E-state index < -0.39 is 18.1 Å². The summed E-state index contributed by atoms with van der Waals surface area (Å²) in [7, 11) is 0. The number of benzene rings is 1. The van der Waals surface area contributed by atoms with Crippen LogP contribution < -0.4 is 4.74 Å². The minimum Gasteiger partial charge on any atom is -0.426 e. The standard InChI is InChI=1S/C13H12F3NO3/c1-8(18)20-11-4-2-3-9-7-17(6-5-10(9)11)12(19)13(14,15)16/h2-4H,5-7H2,1H3. The van der Waals surface area contributed by atoms with Crippen molar-refractivity contribution in [3.63, 3.8) is 0 Å². The Bertz CT molecular complexity index is 554. The van der Waals surface area contributed by atoms with Crippen LogP contribution in [0, 0.1) is 0 Å². The normalized spacial score (nSPS) is 14.7. The van der Waals surface area contributed by atoms with Gasteiger partial charge < -0.3 is 9.64 Å². The highest BCUT2D eigenvalue weighted by atomic mass is 19.4. The summed E-state index contributed by atoms with van der Waals surface area (Å²) in [5, 5.41) is 0. The zero-order chi connectivity index (χ0) is 14.9. The Morgan fingerprint density at radius 1 is 1.30 bits per heavy atom. The van der Waals surface area contributed by atoms with Crippen molar-refractivity contribution in [1.82, 2.24) is 4.90 Å². The molecule has 0 atom stereocenters. The average Bonchev–Trinajstić information content (AvgIpc) is 2.36. The predicted octanol–water partition coefficient (Wildman–Crippen LogP) is 2.06. The average molecular weight is 287 g/mol. The molecule has 0 spiro atoms. The lowest BCUT2D eigenvalue weighted by atomic mass is 9.98. The number of fused-ring (bicyclic) bond motifs is 1. The van der Waals surface area contributed by atoms with Crippen LogP contribution in [-0.4, -0.2) is 29.5 Å². The molecule has 0 fully saturated rings. The smallest absolute Gasteiger partial charge is 0.426 e. The van der Waals surface area contributed by atoms with Crippen LogP contribution in [0.25, 0.3) is 0 Å². The molecule has 1 aliphatic rings. The molecule has 20 heavy (non-hydrogen) atoms. The Kier molecular flexibility index (Phi) is 3.69. The molecule has 0 aliphatic carbocycles. The summed E-state index contributed by atoms with van der Waals surface area (Å²) in [6, 6.07) is 4.79. The van der Waals surface area contributed by atoms with E-state index in [0.29, 0.717) is 16.9 Å². The first-order chi connectivity index (χ1) is 9.29. The molecule has 1 aromatic rings. The monoisotopic (exact) mass is 287 g/mol. The van der Waals surface area contributed by atoms with Gasteiger partial charge >= 0.3 is 18.1 Å². The molecule has 1 aliphatic heterocycles. The zero-order valence-electron chi connectivity index (χ0n) is 10.7. The summed E-state index contributed by atoms with van der Waals surface area (Å²) in [6.45, 7) is 1.06. The van der Waals surface area contributed by atoms with Gasteiger partial charge in [0.15, 0.2) is 0 Å². The molecular weight excluding hydrogens is 275 g/mol. The molecule has 0 aromatic heterocycles. The van der Waals surface area contributed by atoms with Crippen molar-refractivity contribution in [3.05, 3.63) is 29.3 Å². The summed E-state index contributed by atoms with van der Waals surface area (Å²) in [4.78, 5) is 22.9. The van der Waals surface area contributed by atoms with Gasteiger partial charge in [-0.05, 0) is 18.1 Å². The Balaban J connectivity index is 2.23. The maximum Gasteiger partial charge on any atom is 0.471 e. The van der Waals surface area contributed by atoms with E-state index in [1.165, 1.54) is 6.92 Å². The Morgan fingerprint density at radius 2 is 2.00 bits per heavy atom. The van der Waals surface area contributed by atoms with Gasteiger partial charge in [0.2, 0.25) is 0 Å². The molecule has 0 bridgehead atoms. The molecule has 0 saturated carbocycles. The predicted molar refractivity (Wildman–Crippen MR) is 62.9 cm³/mol. The fraction of sp³-hybridized carbons (Fsp3) is 0.385. The molecule has 1 heterocycles. The van der Waals surface area contributed by atoms with Crippen molar-refractivity contribution in [2.45, 2.75) is 26.1 Å². The van der Waals surface area contributed by atoms with Gasteiger partial charge in [0.05, 0.1) is 0 Å². The van der Waals surface area contributed by atoms with Crippen LogP contribution in [0.3, 0.4) is 0 Å². The SMILES string of the molecule is CC(=O)Oc1cccc2c1CCN(C(=O)C(F)(F)F)C2. The molecule has 0 N–H and O–H groups in total. The van der Waals surface area contributed by atoms with E-state index in [4.69, 9.17) is 4.74 Å². The highest BCUT2D eigenvalue weighted by molar-refractivity contribution is 5.82. The highest BCUT2D eigenvalue weighted by Gasteiger charge is 2.43. The van der Waals surface area contributed by atoms with Crippen molar-refractivity contribution in [1.29, 1.82) is 0 Å². The van der Waals surface area contributed by atoms with Gasteiger partial charge in [-0.1, -0.05) is 12.1 Å². The van der Waals surface area contributed by atoms with Crippen LogP contribution in [0.5, 0.6) is 5.75 Å². The Labute approximate surface area is 113 Å². The number of hydrogen-bond acceptors (Lipinski definition) is 3. The third-order valence-electron chi connectivity index (χ3n) is 3.01. The summed E-state index contributed by atoms with van der Waals surface area (Å²) >= 11 is 0. The van der Waals surface area contributed by atoms with E-state index in [1.54, 1.807) is 18.2 Å². The Morgan fingerprint density at radius 3 is 2.60 bits per heavy atom. The maximum absolute atomic E-state index is 12.4. The van der Waals surface area contributed by atoms with E-state index in [1.807, 2.05) is 0 Å². The van der Waals surface area contributed by atoms with Gasteiger partial charge in [-0.3, -0.25) is 9.59 Å². The minimum atomic E-state index is -4.87. The summed E-state index contributed by atoms with van der Waals surface area (Å²) in [6.07, 6.45) is -4.65. The third-order valence-corrected chi connectivity index (χ3v) is 3.01. The first kappa shape index (κ1) is 14.4. The van der Waals surface area contributed by atoms with Crippen molar-refractivity contribution >= 4 is 11.9 Å². The lowest BCUT2D eigenvalue weighted by Gasteiger charge is -2.30. The zero-order valence-corrected chi connectivity index (χ0v) is 10.7. The van der Waals surface area contributed by atoms with Gasteiger partial charge in [-0.15, -0.1) is 0 Å². The first-order valence-electron chi connectivity index (χ1n) is 5.94. The van der Waals surface area contributed by atoms with Crippen LogP contribution in [0.15, 0.2) is 18.2 Å². The minimum absolute atomic E-state index is 0.0520. The molecule has 108 valence electrons. The number of ether oxygens (including phenoxy) is 1. The number of carbonyl (C=O) groups is 2.